The van der Waals surface area contributed by atoms with Crippen molar-refractivity contribution in [1.29, 1.82) is 0 Å². The highest BCUT2D eigenvalue weighted by Gasteiger charge is 2.29. The molecule has 1 atom stereocenters. The normalized spacial score (nSPS) is 27.9. The summed E-state index contributed by atoms with van der Waals surface area (Å²) in [5, 5.41) is 1.12. The van der Waals surface area contributed by atoms with Crippen molar-refractivity contribution >= 4 is 15.9 Å². The highest BCUT2D eigenvalue weighted by molar-refractivity contribution is 9.10. The molecule has 0 bridgehead atoms. The predicted octanol–water partition coefficient (Wildman–Crippen LogP) is 2.97. The Bertz CT molecular complexity index is 436. The Labute approximate surface area is 94.7 Å². The average Bonchev–Trinajstić information content (AvgIpc) is 2.18. The minimum atomic E-state index is -0.673. The van der Waals surface area contributed by atoms with E-state index in [2.05, 4.69) is 15.9 Å². The summed E-state index contributed by atoms with van der Waals surface area (Å²) in [4.78, 5) is 0. The van der Waals surface area contributed by atoms with Crippen molar-refractivity contribution < 1.29 is 7.17 Å². The first-order chi connectivity index (χ1) is 7.34. The standard InChI is InChI=1S/C11H13BrFN/c1-11(2)6-14-5-8-9(11)3-7(12)4-10(8)13/h3-4,14H,5-6H2,1-2H3/i6D/hD. The number of benzene rings is 1. The van der Waals surface area contributed by atoms with E-state index in [-0.39, 0.29) is 12.4 Å². The molecule has 1 aromatic rings. The third-order valence-electron chi connectivity index (χ3n) is 2.52. The predicted molar refractivity (Wildman–Crippen MR) is 58.8 cm³/mol. The molecule has 0 aliphatic carbocycles. The van der Waals surface area contributed by atoms with E-state index in [1.807, 2.05) is 19.9 Å². The molecule has 3 heteroatoms. The van der Waals surface area contributed by atoms with Crippen molar-refractivity contribution in [2.45, 2.75) is 25.8 Å². The SMILES string of the molecule is [2H]C1N([2H])Cc2c(F)cc(Br)cc2C1(C)C. The molecular formula is C11H13BrFN. The van der Waals surface area contributed by atoms with E-state index in [1.54, 1.807) is 0 Å². The van der Waals surface area contributed by atoms with Crippen molar-refractivity contribution in [3.8, 4) is 0 Å². The van der Waals surface area contributed by atoms with Crippen LogP contribution in [0.2, 0.25) is 1.41 Å². The van der Waals surface area contributed by atoms with Crippen molar-refractivity contribution in [2.24, 2.45) is 0 Å². The molecule has 0 radical (unpaired) electrons. The molecule has 1 heterocycles. The molecule has 2 rings (SSSR count). The van der Waals surface area contributed by atoms with E-state index in [0.29, 0.717) is 10.0 Å². The van der Waals surface area contributed by atoms with Crippen LogP contribution in [0.4, 0.5) is 4.39 Å². The van der Waals surface area contributed by atoms with Gasteiger partial charge in [0, 0.05) is 29.9 Å². The number of hydrogen-bond acceptors (Lipinski definition) is 1. The Kier molecular flexibility index (Phi) is 1.85. The van der Waals surface area contributed by atoms with Crippen molar-refractivity contribution in [2.75, 3.05) is 6.52 Å². The maximum atomic E-state index is 13.8. The van der Waals surface area contributed by atoms with Crippen molar-refractivity contribution in [1.82, 2.24) is 5.31 Å². The summed E-state index contributed by atoms with van der Waals surface area (Å²) in [5.74, 6) is -0.304. The van der Waals surface area contributed by atoms with Crippen LogP contribution >= 0.6 is 15.9 Å². The second-order valence-electron chi connectivity index (χ2n) is 4.11. The topological polar surface area (TPSA) is 12.0 Å². The van der Waals surface area contributed by atoms with Gasteiger partial charge >= 0.3 is 0 Å². The lowest BCUT2D eigenvalue weighted by molar-refractivity contribution is 0.421. The third kappa shape index (κ3) is 1.59. The Hall–Kier alpha value is -0.410. The van der Waals surface area contributed by atoms with Gasteiger partial charge in [0.15, 0.2) is 0 Å². The second kappa shape index (κ2) is 3.31. The minimum Gasteiger partial charge on any atom is -0.312 e. The zero-order valence-electron chi connectivity index (χ0n) is 10.1. The van der Waals surface area contributed by atoms with Gasteiger partial charge in [0.2, 0.25) is 0 Å². The molecular weight excluding hydrogens is 245 g/mol. The van der Waals surface area contributed by atoms with Crippen LogP contribution in [0.3, 0.4) is 0 Å². The molecule has 76 valence electrons. The van der Waals surface area contributed by atoms with Gasteiger partial charge in [-0.1, -0.05) is 29.8 Å². The van der Waals surface area contributed by atoms with Crippen LogP contribution in [-0.2, 0) is 12.0 Å². The summed E-state index contributed by atoms with van der Waals surface area (Å²) in [5.41, 5.74) is 0.814. The van der Waals surface area contributed by atoms with E-state index < -0.39 is 11.9 Å². The first-order valence-corrected chi connectivity index (χ1v) is 5.29. The van der Waals surface area contributed by atoms with Gasteiger partial charge < -0.3 is 5.31 Å². The molecule has 1 aliphatic heterocycles. The maximum Gasteiger partial charge on any atom is 0.129 e. The first kappa shape index (κ1) is 7.83. The molecule has 1 aliphatic rings. The number of nitrogens with one attached hydrogen (secondary N) is 1. The summed E-state index contributed by atoms with van der Waals surface area (Å²) >= 11 is 3.27. The molecule has 14 heavy (non-hydrogen) atoms. The number of rotatable bonds is 0. The zero-order valence-corrected chi connectivity index (χ0v) is 9.73. The number of halogens is 2. The van der Waals surface area contributed by atoms with Gasteiger partial charge in [0.25, 0.3) is 0 Å². The fourth-order valence-electron chi connectivity index (χ4n) is 1.77. The first-order valence-electron chi connectivity index (χ1n) is 5.52. The lowest BCUT2D eigenvalue weighted by atomic mass is 9.79. The Morgan fingerprint density at radius 3 is 3.07 bits per heavy atom. The molecule has 0 saturated carbocycles. The largest absolute Gasteiger partial charge is 0.312 e. The van der Waals surface area contributed by atoms with Crippen LogP contribution in [0.5, 0.6) is 0 Å². The van der Waals surface area contributed by atoms with Gasteiger partial charge in [-0.2, -0.15) is 0 Å². The monoisotopic (exact) mass is 259 g/mol. The molecule has 1 nitrogen and oxygen atoms in total. The van der Waals surface area contributed by atoms with Crippen LogP contribution in [0.1, 0.15) is 26.3 Å². The number of fused-ring (bicyclic) bond motifs is 1. The Balaban J connectivity index is 2.65. The summed E-state index contributed by atoms with van der Waals surface area (Å²) in [7, 11) is 0. The highest BCUT2D eigenvalue weighted by atomic mass is 79.9. The molecule has 0 fully saturated rings. The summed E-state index contributed by atoms with van der Waals surface area (Å²) < 4.78 is 30.1. The lowest BCUT2D eigenvalue weighted by Gasteiger charge is -2.33. The van der Waals surface area contributed by atoms with Crippen LogP contribution in [0, 0.1) is 5.82 Å². The van der Waals surface area contributed by atoms with Crippen molar-refractivity contribution in [3.05, 3.63) is 33.5 Å². The van der Waals surface area contributed by atoms with E-state index in [1.165, 1.54) is 6.07 Å². The molecule has 1 unspecified atom stereocenters. The highest BCUT2D eigenvalue weighted by Crippen LogP contribution is 2.33. The van der Waals surface area contributed by atoms with Gasteiger partial charge in [0.1, 0.15) is 7.23 Å². The maximum absolute atomic E-state index is 13.8. The minimum absolute atomic E-state index is 0.173. The van der Waals surface area contributed by atoms with Crippen LogP contribution in [-0.4, -0.2) is 6.52 Å². The zero-order chi connectivity index (χ0) is 12.1. The van der Waals surface area contributed by atoms with Gasteiger partial charge in [-0.05, 0) is 17.7 Å². The van der Waals surface area contributed by atoms with Gasteiger partial charge in [-0.3, -0.25) is 0 Å². The van der Waals surface area contributed by atoms with Gasteiger partial charge in [-0.25, -0.2) is 4.39 Å². The van der Waals surface area contributed by atoms with E-state index >= 15 is 0 Å². The summed E-state index contributed by atoms with van der Waals surface area (Å²) in [6.45, 7) is 3.24. The van der Waals surface area contributed by atoms with Crippen molar-refractivity contribution in [3.63, 3.8) is 0 Å². The second-order valence-corrected chi connectivity index (χ2v) is 5.02. The third-order valence-corrected chi connectivity index (χ3v) is 2.98. The fraction of sp³-hybridized carbons (Fsp3) is 0.455. The molecule has 0 aromatic heterocycles. The molecule has 1 N–H and O–H groups in total. The molecule has 0 amide bonds. The smallest absolute Gasteiger partial charge is 0.129 e. The van der Waals surface area contributed by atoms with Crippen LogP contribution in [0.25, 0.3) is 0 Å². The average molecular weight is 260 g/mol. The van der Waals surface area contributed by atoms with E-state index in [9.17, 15) is 4.39 Å². The lowest BCUT2D eigenvalue weighted by Crippen LogP contribution is -2.39. The Morgan fingerprint density at radius 2 is 2.36 bits per heavy atom. The molecule has 1 aromatic carbocycles. The van der Waals surface area contributed by atoms with Gasteiger partial charge in [0.05, 0.1) is 0 Å². The summed E-state index contributed by atoms with van der Waals surface area (Å²) in [6.07, 6.45) is 0. The van der Waals surface area contributed by atoms with Gasteiger partial charge in [-0.15, -0.1) is 0 Å². The fourth-order valence-corrected chi connectivity index (χ4v) is 2.20. The number of hydrogen-bond donors (Lipinski definition) is 1. The van der Waals surface area contributed by atoms with E-state index in [4.69, 9.17) is 2.78 Å². The molecule has 0 saturated heterocycles. The summed E-state index contributed by atoms with van der Waals surface area (Å²) in [6, 6.07) is 3.26. The Morgan fingerprint density at radius 1 is 1.64 bits per heavy atom. The van der Waals surface area contributed by atoms with Crippen LogP contribution < -0.4 is 5.31 Å². The van der Waals surface area contributed by atoms with E-state index in [0.717, 1.165) is 10.9 Å². The van der Waals surface area contributed by atoms with Crippen LogP contribution in [0.15, 0.2) is 16.6 Å². The molecule has 0 spiro atoms. The quantitative estimate of drug-likeness (QED) is 0.756.